The molecule has 1 heterocycles. The van der Waals surface area contributed by atoms with Crippen LogP contribution in [-0.4, -0.2) is 14.7 Å². The van der Waals surface area contributed by atoms with Gasteiger partial charge in [0.1, 0.15) is 0 Å². The van der Waals surface area contributed by atoms with Crippen LogP contribution in [0.1, 0.15) is 30.8 Å². The number of nitro benzene ring substituents is 1. The third-order valence-corrected chi connectivity index (χ3v) is 3.18. The number of nitro groups is 1. The van der Waals surface area contributed by atoms with E-state index in [0.29, 0.717) is 12.1 Å². The maximum absolute atomic E-state index is 13.6. The molecule has 1 aromatic heterocycles. The van der Waals surface area contributed by atoms with Crippen LogP contribution in [0.4, 0.5) is 10.1 Å². The zero-order valence-electron chi connectivity index (χ0n) is 11.5. The van der Waals surface area contributed by atoms with Gasteiger partial charge in [0.25, 0.3) is 0 Å². The van der Waals surface area contributed by atoms with E-state index in [0.717, 1.165) is 24.2 Å². The standard InChI is InChI=1S/C14H16FN3O2/c1-3-11-8-12(4-2)17(16-11)9-10-5-6-14(18(19)20)13(15)7-10/h5-8H,3-4,9H2,1-2H3. The molecular formula is C14H16FN3O2. The lowest BCUT2D eigenvalue weighted by molar-refractivity contribution is -0.387. The van der Waals surface area contributed by atoms with E-state index in [1.807, 2.05) is 24.6 Å². The molecule has 0 saturated heterocycles. The van der Waals surface area contributed by atoms with Gasteiger partial charge in [0, 0.05) is 11.8 Å². The Morgan fingerprint density at radius 1 is 1.30 bits per heavy atom. The highest BCUT2D eigenvalue weighted by Crippen LogP contribution is 2.19. The molecule has 0 aliphatic rings. The molecule has 1 aromatic carbocycles. The average Bonchev–Trinajstić information content (AvgIpc) is 2.80. The van der Waals surface area contributed by atoms with Crippen LogP contribution in [0, 0.1) is 15.9 Å². The lowest BCUT2D eigenvalue weighted by atomic mass is 10.2. The van der Waals surface area contributed by atoms with Gasteiger partial charge in [-0.25, -0.2) is 0 Å². The first-order valence-electron chi connectivity index (χ1n) is 6.53. The largest absolute Gasteiger partial charge is 0.304 e. The molecule has 0 radical (unpaired) electrons. The van der Waals surface area contributed by atoms with Crippen LogP contribution in [0.15, 0.2) is 24.3 Å². The quantitative estimate of drug-likeness (QED) is 0.623. The molecule has 0 aliphatic carbocycles. The third kappa shape index (κ3) is 2.84. The van der Waals surface area contributed by atoms with Crippen molar-refractivity contribution in [3.63, 3.8) is 0 Å². The normalized spacial score (nSPS) is 10.8. The zero-order chi connectivity index (χ0) is 14.7. The van der Waals surface area contributed by atoms with Crippen molar-refractivity contribution in [2.24, 2.45) is 0 Å². The summed E-state index contributed by atoms with van der Waals surface area (Å²) in [6.07, 6.45) is 1.68. The number of halogens is 1. The number of hydrogen-bond donors (Lipinski definition) is 0. The van der Waals surface area contributed by atoms with Crippen LogP contribution in [0.2, 0.25) is 0 Å². The highest BCUT2D eigenvalue weighted by Gasteiger charge is 2.14. The fourth-order valence-electron chi connectivity index (χ4n) is 2.08. The van der Waals surface area contributed by atoms with Crippen LogP contribution >= 0.6 is 0 Å². The molecule has 0 aliphatic heterocycles. The molecule has 106 valence electrons. The number of benzene rings is 1. The van der Waals surface area contributed by atoms with Crippen LogP contribution in [0.5, 0.6) is 0 Å². The first kappa shape index (κ1) is 14.2. The van der Waals surface area contributed by atoms with Gasteiger partial charge in [0.15, 0.2) is 0 Å². The van der Waals surface area contributed by atoms with Gasteiger partial charge in [0.2, 0.25) is 5.82 Å². The summed E-state index contributed by atoms with van der Waals surface area (Å²) in [7, 11) is 0. The van der Waals surface area contributed by atoms with E-state index >= 15 is 0 Å². The van der Waals surface area contributed by atoms with Crippen LogP contribution in [0.25, 0.3) is 0 Å². The van der Waals surface area contributed by atoms with Crippen molar-refractivity contribution < 1.29 is 9.31 Å². The first-order chi connectivity index (χ1) is 9.55. The van der Waals surface area contributed by atoms with E-state index in [1.165, 1.54) is 12.1 Å². The summed E-state index contributed by atoms with van der Waals surface area (Å²) in [6, 6.07) is 5.99. The molecule has 20 heavy (non-hydrogen) atoms. The van der Waals surface area contributed by atoms with Crippen molar-refractivity contribution in [2.45, 2.75) is 33.2 Å². The lowest BCUT2D eigenvalue weighted by Crippen LogP contribution is -2.06. The van der Waals surface area contributed by atoms with Crippen LogP contribution in [0.3, 0.4) is 0 Å². The molecule has 0 spiro atoms. The minimum absolute atomic E-state index is 0.415. The van der Waals surface area contributed by atoms with Gasteiger partial charge in [-0.1, -0.05) is 19.9 Å². The second-order valence-electron chi connectivity index (χ2n) is 4.53. The van der Waals surface area contributed by atoms with Gasteiger partial charge >= 0.3 is 5.69 Å². The molecule has 0 atom stereocenters. The number of nitrogens with zero attached hydrogens (tertiary/aromatic N) is 3. The molecule has 2 rings (SSSR count). The van der Waals surface area contributed by atoms with E-state index in [4.69, 9.17) is 0 Å². The minimum Gasteiger partial charge on any atom is -0.265 e. The molecular weight excluding hydrogens is 261 g/mol. The summed E-state index contributed by atoms with van der Waals surface area (Å²) in [5, 5.41) is 15.0. The number of aryl methyl sites for hydroxylation is 2. The Hall–Kier alpha value is -2.24. The second kappa shape index (κ2) is 5.81. The Kier molecular flexibility index (Phi) is 4.12. The predicted molar refractivity (Wildman–Crippen MR) is 73.1 cm³/mol. The maximum atomic E-state index is 13.6. The van der Waals surface area contributed by atoms with E-state index in [2.05, 4.69) is 5.10 Å². The summed E-state index contributed by atoms with van der Waals surface area (Å²) < 4.78 is 15.4. The Labute approximate surface area is 116 Å². The molecule has 0 bridgehead atoms. The lowest BCUT2D eigenvalue weighted by Gasteiger charge is -2.06. The first-order valence-corrected chi connectivity index (χ1v) is 6.53. The molecule has 0 N–H and O–H groups in total. The summed E-state index contributed by atoms with van der Waals surface area (Å²) in [5.41, 5.74) is 2.22. The van der Waals surface area contributed by atoms with Crippen molar-refractivity contribution in [1.29, 1.82) is 0 Å². The minimum atomic E-state index is -0.812. The van der Waals surface area contributed by atoms with E-state index in [9.17, 15) is 14.5 Å². The average molecular weight is 277 g/mol. The summed E-state index contributed by atoms with van der Waals surface area (Å²) in [4.78, 5) is 9.86. The van der Waals surface area contributed by atoms with Crippen molar-refractivity contribution in [2.75, 3.05) is 0 Å². The van der Waals surface area contributed by atoms with Crippen LogP contribution in [-0.2, 0) is 19.4 Å². The SMILES string of the molecule is CCc1cc(CC)n(Cc2ccc([N+](=O)[O-])c(F)c2)n1. The maximum Gasteiger partial charge on any atom is 0.304 e. The van der Waals surface area contributed by atoms with Gasteiger partial charge in [-0.15, -0.1) is 0 Å². The third-order valence-electron chi connectivity index (χ3n) is 3.18. The van der Waals surface area contributed by atoms with Crippen molar-refractivity contribution in [3.05, 3.63) is 57.1 Å². The van der Waals surface area contributed by atoms with Crippen LogP contribution < -0.4 is 0 Å². The molecule has 5 nitrogen and oxygen atoms in total. The summed E-state index contributed by atoms with van der Waals surface area (Å²) >= 11 is 0. The van der Waals surface area contributed by atoms with Gasteiger partial charge in [-0.2, -0.15) is 9.49 Å². The van der Waals surface area contributed by atoms with Crippen molar-refractivity contribution in [3.8, 4) is 0 Å². The van der Waals surface area contributed by atoms with Gasteiger partial charge in [-0.3, -0.25) is 14.8 Å². The highest BCUT2D eigenvalue weighted by molar-refractivity contribution is 5.35. The van der Waals surface area contributed by atoms with E-state index in [-0.39, 0.29) is 0 Å². The van der Waals surface area contributed by atoms with E-state index < -0.39 is 16.4 Å². The van der Waals surface area contributed by atoms with Gasteiger partial charge in [0.05, 0.1) is 17.2 Å². The predicted octanol–water partition coefficient (Wildman–Crippen LogP) is 3.10. The number of rotatable bonds is 5. The van der Waals surface area contributed by atoms with Gasteiger partial charge in [-0.05, 0) is 30.5 Å². The number of hydrogen-bond acceptors (Lipinski definition) is 3. The molecule has 0 saturated carbocycles. The molecule has 6 heteroatoms. The van der Waals surface area contributed by atoms with Crippen molar-refractivity contribution in [1.82, 2.24) is 9.78 Å². The topological polar surface area (TPSA) is 61.0 Å². The van der Waals surface area contributed by atoms with Gasteiger partial charge < -0.3 is 0 Å². The second-order valence-corrected chi connectivity index (χ2v) is 4.53. The Balaban J connectivity index is 2.28. The monoisotopic (exact) mass is 277 g/mol. The molecule has 2 aromatic rings. The Bertz CT molecular complexity index is 637. The fraction of sp³-hybridized carbons (Fsp3) is 0.357. The molecule has 0 amide bonds. The molecule has 0 fully saturated rings. The van der Waals surface area contributed by atoms with E-state index in [1.54, 1.807) is 6.07 Å². The smallest absolute Gasteiger partial charge is 0.265 e. The Morgan fingerprint density at radius 3 is 2.60 bits per heavy atom. The number of aromatic nitrogens is 2. The Morgan fingerprint density at radius 2 is 2.05 bits per heavy atom. The summed E-state index contributed by atoms with van der Waals surface area (Å²) in [5.74, 6) is -0.812. The zero-order valence-corrected chi connectivity index (χ0v) is 11.5. The highest BCUT2D eigenvalue weighted by atomic mass is 19.1. The fourth-order valence-corrected chi connectivity index (χ4v) is 2.08. The summed E-state index contributed by atoms with van der Waals surface area (Å²) in [6.45, 7) is 4.47. The molecule has 0 unspecified atom stereocenters. The van der Waals surface area contributed by atoms with Crippen molar-refractivity contribution >= 4 is 5.69 Å².